The van der Waals surface area contributed by atoms with E-state index in [1.807, 2.05) is 0 Å². The first-order valence-electron chi connectivity index (χ1n) is 3.04. The molecule has 0 radical (unpaired) electrons. The molecule has 5 nitrogen and oxygen atoms in total. The molecule has 1 aromatic heterocycles. The van der Waals surface area contributed by atoms with Crippen molar-refractivity contribution in [3.05, 3.63) is 10.5 Å². The fourth-order valence-corrected chi connectivity index (χ4v) is 1.21. The molecule has 0 fully saturated rings. The molecule has 1 aromatic rings. The molecule has 0 aliphatic heterocycles. The molecule has 60 valence electrons. The summed E-state index contributed by atoms with van der Waals surface area (Å²) in [5, 5.41) is 6.39. The predicted molar refractivity (Wildman–Crippen MR) is 40.6 cm³/mol. The SMILES string of the molecule is O=CCCSc1n[nH]c(=O)[nH]1. The van der Waals surface area contributed by atoms with E-state index in [0.717, 1.165) is 6.29 Å². The number of nitrogens with zero attached hydrogens (tertiary/aromatic N) is 1. The van der Waals surface area contributed by atoms with Crippen molar-refractivity contribution in [1.29, 1.82) is 0 Å². The normalized spacial score (nSPS) is 9.82. The summed E-state index contributed by atoms with van der Waals surface area (Å²) in [5.41, 5.74) is -0.321. The Hall–Kier alpha value is -1.04. The fourth-order valence-electron chi connectivity index (χ4n) is 0.527. The van der Waals surface area contributed by atoms with Crippen LogP contribution in [-0.4, -0.2) is 27.2 Å². The molecule has 0 amide bonds. The molecule has 0 aliphatic carbocycles. The number of carbonyl (C=O) groups is 1. The van der Waals surface area contributed by atoms with Gasteiger partial charge in [0.1, 0.15) is 6.29 Å². The van der Waals surface area contributed by atoms with Gasteiger partial charge in [0.25, 0.3) is 0 Å². The molecule has 1 heterocycles. The second-order valence-electron chi connectivity index (χ2n) is 1.79. The van der Waals surface area contributed by atoms with Gasteiger partial charge in [-0.05, 0) is 0 Å². The van der Waals surface area contributed by atoms with Crippen molar-refractivity contribution in [2.45, 2.75) is 11.6 Å². The van der Waals surface area contributed by atoms with Gasteiger partial charge >= 0.3 is 5.69 Å². The number of hydrogen-bond donors (Lipinski definition) is 2. The van der Waals surface area contributed by atoms with Crippen molar-refractivity contribution in [2.24, 2.45) is 0 Å². The second-order valence-corrected chi connectivity index (χ2v) is 2.87. The quantitative estimate of drug-likeness (QED) is 0.375. The van der Waals surface area contributed by atoms with Crippen molar-refractivity contribution in [3.63, 3.8) is 0 Å². The maximum atomic E-state index is 10.5. The lowest BCUT2D eigenvalue weighted by atomic mass is 10.6. The number of carbonyl (C=O) groups excluding carboxylic acids is 1. The van der Waals surface area contributed by atoms with Gasteiger partial charge in [-0.3, -0.25) is 4.98 Å². The number of aromatic amines is 2. The summed E-state index contributed by atoms with van der Waals surface area (Å²) in [7, 11) is 0. The summed E-state index contributed by atoms with van der Waals surface area (Å²) in [6.45, 7) is 0. The molecule has 0 aliphatic rings. The molecule has 11 heavy (non-hydrogen) atoms. The van der Waals surface area contributed by atoms with E-state index in [4.69, 9.17) is 0 Å². The Bertz CT molecular complexity index is 279. The van der Waals surface area contributed by atoms with E-state index in [2.05, 4.69) is 15.2 Å². The first-order valence-corrected chi connectivity index (χ1v) is 4.02. The van der Waals surface area contributed by atoms with Crippen molar-refractivity contribution >= 4 is 18.0 Å². The van der Waals surface area contributed by atoms with Crippen LogP contribution in [0.2, 0.25) is 0 Å². The lowest BCUT2D eigenvalue weighted by Crippen LogP contribution is -2.00. The van der Waals surface area contributed by atoms with Gasteiger partial charge in [0.15, 0.2) is 5.16 Å². The average Bonchev–Trinajstić information content (AvgIpc) is 2.37. The molecule has 0 atom stereocenters. The van der Waals surface area contributed by atoms with Crippen molar-refractivity contribution in [1.82, 2.24) is 15.2 Å². The van der Waals surface area contributed by atoms with Crippen LogP contribution in [0, 0.1) is 0 Å². The highest BCUT2D eigenvalue weighted by atomic mass is 32.2. The minimum atomic E-state index is -0.321. The number of H-pyrrole nitrogens is 2. The summed E-state index contributed by atoms with van der Waals surface area (Å²) < 4.78 is 0. The lowest BCUT2D eigenvalue weighted by Gasteiger charge is -1.88. The highest BCUT2D eigenvalue weighted by molar-refractivity contribution is 7.99. The monoisotopic (exact) mass is 173 g/mol. The number of rotatable bonds is 4. The Balaban J connectivity index is 2.38. The number of nitrogens with one attached hydrogen (secondary N) is 2. The van der Waals surface area contributed by atoms with E-state index in [9.17, 15) is 9.59 Å². The standard InChI is InChI=1S/C5H7N3O2S/c9-2-1-3-11-5-6-4(10)7-8-5/h2H,1,3H2,(H2,6,7,8,10). The van der Waals surface area contributed by atoms with Gasteiger partial charge in [-0.1, -0.05) is 11.8 Å². The molecule has 1 rings (SSSR count). The van der Waals surface area contributed by atoms with Crippen LogP contribution in [-0.2, 0) is 4.79 Å². The molecule has 0 bridgehead atoms. The van der Waals surface area contributed by atoms with Crippen LogP contribution in [0.3, 0.4) is 0 Å². The minimum Gasteiger partial charge on any atom is -0.303 e. The third-order valence-electron chi connectivity index (χ3n) is 0.954. The maximum absolute atomic E-state index is 10.5. The zero-order chi connectivity index (χ0) is 8.10. The van der Waals surface area contributed by atoms with Crippen molar-refractivity contribution in [2.75, 3.05) is 5.75 Å². The first-order chi connectivity index (χ1) is 5.33. The Kier molecular flexibility index (Phi) is 2.91. The van der Waals surface area contributed by atoms with E-state index < -0.39 is 0 Å². The van der Waals surface area contributed by atoms with Crippen molar-refractivity contribution < 1.29 is 4.79 Å². The van der Waals surface area contributed by atoms with Crippen LogP contribution >= 0.6 is 11.8 Å². The number of aldehydes is 1. The lowest BCUT2D eigenvalue weighted by molar-refractivity contribution is -0.107. The van der Waals surface area contributed by atoms with Gasteiger partial charge in [-0.15, -0.1) is 5.10 Å². The van der Waals surface area contributed by atoms with Crippen LogP contribution in [0.5, 0.6) is 0 Å². The highest BCUT2D eigenvalue weighted by Crippen LogP contribution is 2.09. The summed E-state index contributed by atoms with van der Waals surface area (Å²) >= 11 is 1.34. The maximum Gasteiger partial charge on any atom is 0.341 e. The Morgan fingerprint density at radius 1 is 1.64 bits per heavy atom. The van der Waals surface area contributed by atoms with E-state index in [1.165, 1.54) is 11.8 Å². The van der Waals surface area contributed by atoms with E-state index in [1.54, 1.807) is 0 Å². The smallest absolute Gasteiger partial charge is 0.303 e. The summed E-state index contributed by atoms with van der Waals surface area (Å²) in [5.74, 6) is 0.643. The Morgan fingerprint density at radius 3 is 3.00 bits per heavy atom. The topological polar surface area (TPSA) is 78.6 Å². The van der Waals surface area contributed by atoms with Crippen LogP contribution in [0.25, 0.3) is 0 Å². The molecule has 6 heteroatoms. The minimum absolute atomic E-state index is 0.321. The number of thioether (sulfide) groups is 1. The zero-order valence-corrected chi connectivity index (χ0v) is 6.48. The molecule has 0 aromatic carbocycles. The fraction of sp³-hybridized carbons (Fsp3) is 0.400. The van der Waals surface area contributed by atoms with Gasteiger partial charge in [-0.2, -0.15) is 0 Å². The molecule has 0 spiro atoms. The van der Waals surface area contributed by atoms with Gasteiger partial charge in [0.2, 0.25) is 0 Å². The molecule has 0 unspecified atom stereocenters. The van der Waals surface area contributed by atoms with Gasteiger partial charge < -0.3 is 4.79 Å². The molecule has 2 N–H and O–H groups in total. The Labute approximate surface area is 66.6 Å². The zero-order valence-electron chi connectivity index (χ0n) is 5.66. The van der Waals surface area contributed by atoms with E-state index in [-0.39, 0.29) is 5.69 Å². The summed E-state index contributed by atoms with van der Waals surface area (Å²) in [6, 6.07) is 0. The largest absolute Gasteiger partial charge is 0.341 e. The Morgan fingerprint density at radius 2 is 2.45 bits per heavy atom. The summed E-state index contributed by atoms with van der Waals surface area (Å²) in [4.78, 5) is 22.8. The molecular formula is C5H7N3O2S. The second kappa shape index (κ2) is 3.97. The van der Waals surface area contributed by atoms with Gasteiger partial charge in [0.05, 0.1) is 0 Å². The van der Waals surface area contributed by atoms with Crippen LogP contribution in [0.15, 0.2) is 9.95 Å². The van der Waals surface area contributed by atoms with Crippen molar-refractivity contribution in [3.8, 4) is 0 Å². The van der Waals surface area contributed by atoms with E-state index in [0.29, 0.717) is 17.3 Å². The average molecular weight is 173 g/mol. The molecular weight excluding hydrogens is 166 g/mol. The molecule has 0 saturated heterocycles. The van der Waals surface area contributed by atoms with Crippen LogP contribution < -0.4 is 5.69 Å². The van der Waals surface area contributed by atoms with Gasteiger partial charge in [-0.25, -0.2) is 9.89 Å². The third kappa shape index (κ3) is 2.58. The van der Waals surface area contributed by atoms with E-state index >= 15 is 0 Å². The predicted octanol–water partition coefficient (Wildman–Crippen LogP) is -0.221. The van der Waals surface area contributed by atoms with Gasteiger partial charge in [0, 0.05) is 12.2 Å². The number of aromatic nitrogens is 3. The number of hydrogen-bond acceptors (Lipinski definition) is 4. The molecule has 0 saturated carbocycles. The summed E-state index contributed by atoms with van der Waals surface area (Å²) in [6.07, 6.45) is 1.30. The third-order valence-corrected chi connectivity index (χ3v) is 1.86. The first kappa shape index (κ1) is 8.06. The van der Waals surface area contributed by atoms with Crippen LogP contribution in [0.4, 0.5) is 0 Å². The highest BCUT2D eigenvalue weighted by Gasteiger charge is 1.96. The van der Waals surface area contributed by atoms with Crippen LogP contribution in [0.1, 0.15) is 6.42 Å².